The van der Waals surface area contributed by atoms with Crippen molar-refractivity contribution in [3.05, 3.63) is 35.4 Å². The minimum absolute atomic E-state index is 0.741. The second-order valence-corrected chi connectivity index (χ2v) is 6.82. The summed E-state index contributed by atoms with van der Waals surface area (Å²) in [5, 5.41) is 3.78. The molecule has 1 aliphatic heterocycles. The summed E-state index contributed by atoms with van der Waals surface area (Å²) in [6.45, 7) is 8.49. The summed E-state index contributed by atoms with van der Waals surface area (Å²) in [5.41, 5.74) is 3.20. The maximum Gasteiger partial charge on any atom is 0.00203 e. The fourth-order valence-electron chi connectivity index (χ4n) is 4.04. The van der Waals surface area contributed by atoms with Gasteiger partial charge in [-0.25, -0.2) is 0 Å². The zero-order valence-electron chi connectivity index (χ0n) is 13.5. The van der Waals surface area contributed by atoms with Crippen molar-refractivity contribution < 1.29 is 0 Å². The van der Waals surface area contributed by atoms with Crippen molar-refractivity contribution in [1.82, 2.24) is 10.2 Å². The summed E-state index contributed by atoms with van der Waals surface area (Å²) in [6, 6.07) is 9.07. The molecular weight excluding hydrogens is 256 g/mol. The first-order valence-corrected chi connectivity index (χ1v) is 8.87. The summed E-state index contributed by atoms with van der Waals surface area (Å²) in [4.78, 5) is 2.58. The number of nitrogens with zero attached hydrogens (tertiary/aromatic N) is 1. The Morgan fingerprint density at radius 2 is 1.90 bits per heavy atom. The van der Waals surface area contributed by atoms with Crippen LogP contribution in [0.25, 0.3) is 0 Å². The Bertz CT molecular complexity index is 435. The van der Waals surface area contributed by atoms with E-state index < -0.39 is 0 Å². The van der Waals surface area contributed by atoms with Crippen LogP contribution in [0.2, 0.25) is 0 Å². The molecular formula is C19H30N2. The van der Waals surface area contributed by atoms with Crippen LogP contribution < -0.4 is 5.32 Å². The van der Waals surface area contributed by atoms with E-state index in [4.69, 9.17) is 0 Å². The van der Waals surface area contributed by atoms with Crippen LogP contribution in [0, 0.1) is 5.92 Å². The first kappa shape index (κ1) is 15.1. The van der Waals surface area contributed by atoms with Crippen LogP contribution in [-0.2, 0) is 6.42 Å². The van der Waals surface area contributed by atoms with Crippen LogP contribution in [0.3, 0.4) is 0 Å². The molecule has 1 aromatic carbocycles. The van der Waals surface area contributed by atoms with Gasteiger partial charge in [-0.15, -0.1) is 0 Å². The third-order valence-electron chi connectivity index (χ3n) is 5.47. The van der Waals surface area contributed by atoms with E-state index in [0.717, 1.165) is 11.8 Å². The Balaban J connectivity index is 1.44. The molecule has 1 saturated heterocycles. The van der Waals surface area contributed by atoms with E-state index in [1.165, 1.54) is 64.8 Å². The molecule has 2 aliphatic rings. The first-order valence-electron chi connectivity index (χ1n) is 8.87. The van der Waals surface area contributed by atoms with E-state index >= 15 is 0 Å². The predicted octanol–water partition coefficient (Wildman–Crippen LogP) is 3.43. The molecule has 1 N–H and O–H groups in total. The fraction of sp³-hybridized carbons (Fsp3) is 0.684. The van der Waals surface area contributed by atoms with E-state index in [9.17, 15) is 0 Å². The van der Waals surface area contributed by atoms with Crippen molar-refractivity contribution in [3.8, 4) is 0 Å². The van der Waals surface area contributed by atoms with Gasteiger partial charge in [0.1, 0.15) is 0 Å². The zero-order chi connectivity index (χ0) is 14.5. The number of hydrogen-bond donors (Lipinski definition) is 1. The van der Waals surface area contributed by atoms with Crippen LogP contribution in [0.1, 0.15) is 49.7 Å². The molecule has 1 fully saturated rings. The minimum atomic E-state index is 0.741. The lowest BCUT2D eigenvalue weighted by Crippen LogP contribution is -2.38. The van der Waals surface area contributed by atoms with Gasteiger partial charge in [-0.2, -0.15) is 0 Å². The van der Waals surface area contributed by atoms with Gasteiger partial charge in [0, 0.05) is 6.54 Å². The lowest BCUT2D eigenvalue weighted by Gasteiger charge is -2.32. The van der Waals surface area contributed by atoms with Crippen LogP contribution in [0.5, 0.6) is 0 Å². The van der Waals surface area contributed by atoms with Gasteiger partial charge in [0.05, 0.1) is 0 Å². The van der Waals surface area contributed by atoms with Gasteiger partial charge in [-0.1, -0.05) is 31.2 Å². The van der Waals surface area contributed by atoms with Gasteiger partial charge >= 0.3 is 0 Å². The normalized spacial score (nSPS) is 24.0. The number of hydrogen-bond acceptors (Lipinski definition) is 2. The predicted molar refractivity (Wildman–Crippen MR) is 89.8 cm³/mol. The van der Waals surface area contributed by atoms with E-state index in [1.54, 1.807) is 11.1 Å². The van der Waals surface area contributed by atoms with Crippen molar-refractivity contribution in [2.75, 3.05) is 32.7 Å². The number of rotatable bonds is 5. The molecule has 1 atom stereocenters. The summed E-state index contributed by atoms with van der Waals surface area (Å²) in [7, 11) is 0. The SMILES string of the molecule is CCN1CCC(CNCC2CCCc3ccccc32)CC1. The Morgan fingerprint density at radius 3 is 2.71 bits per heavy atom. The lowest BCUT2D eigenvalue weighted by atomic mass is 9.83. The molecule has 116 valence electrons. The van der Waals surface area contributed by atoms with Crippen molar-refractivity contribution in [3.63, 3.8) is 0 Å². The van der Waals surface area contributed by atoms with Gasteiger partial charge in [0.2, 0.25) is 0 Å². The first-order chi connectivity index (χ1) is 10.4. The average molecular weight is 286 g/mol. The summed E-state index contributed by atoms with van der Waals surface area (Å²) >= 11 is 0. The molecule has 1 heterocycles. The molecule has 0 aromatic heterocycles. The molecule has 0 amide bonds. The third kappa shape index (κ3) is 3.87. The highest BCUT2D eigenvalue weighted by molar-refractivity contribution is 5.32. The molecule has 1 aromatic rings. The third-order valence-corrected chi connectivity index (χ3v) is 5.47. The van der Waals surface area contributed by atoms with Gasteiger partial charge in [-0.05, 0) is 81.2 Å². The van der Waals surface area contributed by atoms with Crippen LogP contribution in [0.4, 0.5) is 0 Å². The van der Waals surface area contributed by atoms with Crippen molar-refractivity contribution in [2.24, 2.45) is 5.92 Å². The van der Waals surface area contributed by atoms with E-state index in [1.807, 2.05) is 0 Å². The highest BCUT2D eigenvalue weighted by Gasteiger charge is 2.21. The van der Waals surface area contributed by atoms with Crippen LogP contribution in [-0.4, -0.2) is 37.6 Å². The second-order valence-electron chi connectivity index (χ2n) is 6.82. The van der Waals surface area contributed by atoms with E-state index in [2.05, 4.69) is 41.4 Å². The molecule has 2 heteroatoms. The van der Waals surface area contributed by atoms with Crippen LogP contribution >= 0.6 is 0 Å². The Labute approximate surface area is 129 Å². The molecule has 0 spiro atoms. The number of benzene rings is 1. The fourth-order valence-corrected chi connectivity index (χ4v) is 4.04. The molecule has 0 saturated carbocycles. The quantitative estimate of drug-likeness (QED) is 0.892. The van der Waals surface area contributed by atoms with E-state index in [-0.39, 0.29) is 0 Å². The zero-order valence-corrected chi connectivity index (χ0v) is 13.5. The molecule has 0 bridgehead atoms. The Morgan fingerprint density at radius 1 is 1.10 bits per heavy atom. The summed E-state index contributed by atoms with van der Waals surface area (Å²) in [5.74, 6) is 1.64. The number of aryl methyl sites for hydroxylation is 1. The Kier molecular flexibility index (Phi) is 5.32. The largest absolute Gasteiger partial charge is 0.316 e. The maximum atomic E-state index is 3.78. The van der Waals surface area contributed by atoms with Crippen molar-refractivity contribution in [1.29, 1.82) is 0 Å². The second kappa shape index (κ2) is 7.42. The van der Waals surface area contributed by atoms with Gasteiger partial charge in [0.15, 0.2) is 0 Å². The van der Waals surface area contributed by atoms with E-state index in [0.29, 0.717) is 0 Å². The van der Waals surface area contributed by atoms with Gasteiger partial charge in [0.25, 0.3) is 0 Å². The van der Waals surface area contributed by atoms with Crippen molar-refractivity contribution >= 4 is 0 Å². The van der Waals surface area contributed by atoms with Crippen molar-refractivity contribution in [2.45, 2.75) is 44.9 Å². The molecule has 1 unspecified atom stereocenters. The number of nitrogens with one attached hydrogen (secondary N) is 1. The maximum absolute atomic E-state index is 3.78. The molecule has 1 aliphatic carbocycles. The monoisotopic (exact) mass is 286 g/mol. The highest BCUT2D eigenvalue weighted by Crippen LogP contribution is 2.30. The average Bonchev–Trinajstić information content (AvgIpc) is 2.56. The number of piperidine rings is 1. The molecule has 0 radical (unpaired) electrons. The molecule has 21 heavy (non-hydrogen) atoms. The molecule has 3 rings (SSSR count). The highest BCUT2D eigenvalue weighted by atomic mass is 15.1. The minimum Gasteiger partial charge on any atom is -0.316 e. The van der Waals surface area contributed by atoms with Crippen LogP contribution in [0.15, 0.2) is 24.3 Å². The summed E-state index contributed by atoms with van der Waals surface area (Å²) in [6.07, 6.45) is 6.75. The summed E-state index contributed by atoms with van der Waals surface area (Å²) < 4.78 is 0. The number of likely N-dealkylation sites (tertiary alicyclic amines) is 1. The lowest BCUT2D eigenvalue weighted by molar-refractivity contribution is 0.189. The van der Waals surface area contributed by atoms with Gasteiger partial charge < -0.3 is 10.2 Å². The molecule has 2 nitrogen and oxygen atoms in total. The Hall–Kier alpha value is -0.860. The van der Waals surface area contributed by atoms with Gasteiger partial charge in [-0.3, -0.25) is 0 Å². The topological polar surface area (TPSA) is 15.3 Å². The smallest absolute Gasteiger partial charge is 0.00203 e. The number of fused-ring (bicyclic) bond motifs is 1. The standard InChI is InChI=1S/C19H30N2/c1-2-21-12-10-16(11-13-21)14-20-15-18-8-5-7-17-6-3-4-9-19(17)18/h3-4,6,9,16,18,20H,2,5,7-8,10-15H2,1H3.